The van der Waals surface area contributed by atoms with Gasteiger partial charge in [-0.25, -0.2) is 4.98 Å². The predicted octanol–water partition coefficient (Wildman–Crippen LogP) is 2.43. The molecule has 1 heterocycles. The fraction of sp³-hybridized carbons (Fsp3) is 0.571. The van der Waals surface area contributed by atoms with Crippen LogP contribution in [-0.4, -0.2) is 4.98 Å². The van der Waals surface area contributed by atoms with Gasteiger partial charge >= 0.3 is 0 Å². The van der Waals surface area contributed by atoms with E-state index >= 15 is 0 Å². The van der Waals surface area contributed by atoms with Crippen LogP contribution in [-0.2, 0) is 0 Å². The van der Waals surface area contributed by atoms with Crippen molar-refractivity contribution in [1.29, 1.82) is 0 Å². The molecule has 0 amide bonds. The van der Waals surface area contributed by atoms with Crippen molar-refractivity contribution >= 4 is 0 Å². The Morgan fingerprint density at radius 3 is 2.44 bits per heavy atom. The quantitative estimate of drug-likeness (QED) is 0.579. The minimum Gasteiger partial charge on any atom is -0.448 e. The molecule has 9 heavy (non-hydrogen) atoms. The van der Waals surface area contributed by atoms with Crippen LogP contribution in [0.25, 0.3) is 0 Å². The average Bonchev–Trinajstić information content (AvgIpc) is 2.12. The highest BCUT2D eigenvalue weighted by atomic mass is 16.3. The lowest BCUT2D eigenvalue weighted by Gasteiger charge is -1.93. The van der Waals surface area contributed by atoms with Gasteiger partial charge in [-0.15, -0.1) is 0 Å². The highest BCUT2D eigenvalue weighted by Crippen LogP contribution is 2.10. The van der Waals surface area contributed by atoms with E-state index in [1.807, 2.05) is 0 Å². The second-order valence-corrected chi connectivity index (χ2v) is 2.06. The van der Waals surface area contributed by atoms with Crippen LogP contribution >= 0.6 is 0 Å². The molecule has 0 saturated heterocycles. The van der Waals surface area contributed by atoms with Crippen LogP contribution in [0.4, 0.5) is 0 Å². The van der Waals surface area contributed by atoms with Crippen LogP contribution in [0.3, 0.4) is 0 Å². The molecule has 0 aromatic carbocycles. The van der Waals surface area contributed by atoms with E-state index in [-0.39, 0.29) is 7.43 Å². The summed E-state index contributed by atoms with van der Waals surface area (Å²) in [4.78, 5) is 3.78. The second-order valence-electron chi connectivity index (χ2n) is 2.06. The van der Waals surface area contributed by atoms with E-state index in [1.54, 1.807) is 6.20 Å². The van der Waals surface area contributed by atoms with Crippen LogP contribution in [0, 0.1) is 0 Å². The van der Waals surface area contributed by atoms with E-state index in [4.69, 9.17) is 4.42 Å². The summed E-state index contributed by atoms with van der Waals surface area (Å²) in [6.07, 6.45) is 3.19. The lowest BCUT2D eigenvalue weighted by molar-refractivity contribution is 0.482. The highest BCUT2D eigenvalue weighted by molar-refractivity contribution is 4.93. The van der Waals surface area contributed by atoms with Gasteiger partial charge in [-0.05, 0) is 0 Å². The third-order valence-electron chi connectivity index (χ3n) is 1.02. The zero-order valence-electron chi connectivity index (χ0n) is 5.09. The van der Waals surface area contributed by atoms with Gasteiger partial charge < -0.3 is 4.42 Å². The maximum Gasteiger partial charge on any atom is 0.180 e. The van der Waals surface area contributed by atoms with Gasteiger partial charge in [-0.3, -0.25) is 0 Å². The number of hydrogen-bond donors (Lipinski definition) is 0. The van der Waals surface area contributed by atoms with Gasteiger partial charge in [0.15, 0.2) is 6.39 Å². The highest BCUT2D eigenvalue weighted by Gasteiger charge is 1.99. The van der Waals surface area contributed by atoms with Crippen LogP contribution in [0.5, 0.6) is 0 Å². The first kappa shape index (κ1) is 8.21. The minimum absolute atomic E-state index is 0. The Morgan fingerprint density at radius 2 is 2.22 bits per heavy atom. The summed E-state index contributed by atoms with van der Waals surface area (Å²) in [5.74, 6) is 1.41. The van der Waals surface area contributed by atoms with Gasteiger partial charge in [0.05, 0.1) is 6.20 Å². The molecule has 0 aliphatic carbocycles. The maximum atomic E-state index is 4.98. The van der Waals surface area contributed by atoms with E-state index < -0.39 is 0 Å². The lowest BCUT2D eigenvalue weighted by atomic mass is 10.2. The summed E-state index contributed by atoms with van der Waals surface area (Å²) in [6, 6.07) is 0. The van der Waals surface area contributed by atoms with Gasteiger partial charge in [0.1, 0.15) is 5.76 Å². The van der Waals surface area contributed by atoms with Crippen LogP contribution in [0.15, 0.2) is 17.0 Å². The average molecular weight is 127 g/mol. The van der Waals surface area contributed by atoms with E-state index in [2.05, 4.69) is 18.8 Å². The third-order valence-corrected chi connectivity index (χ3v) is 1.02. The molecule has 0 N–H and O–H groups in total. The first-order valence-corrected chi connectivity index (χ1v) is 2.69. The molecule has 1 aromatic heterocycles. The molecular formula is C7H13NO. The molecular weight excluding hydrogens is 114 g/mol. The molecule has 0 fully saturated rings. The number of rotatable bonds is 1. The predicted molar refractivity (Wildman–Crippen MR) is 37.3 cm³/mol. The Hall–Kier alpha value is -0.790. The topological polar surface area (TPSA) is 26.0 Å². The molecule has 2 nitrogen and oxygen atoms in total. The summed E-state index contributed by atoms with van der Waals surface area (Å²) in [7, 11) is 0. The molecule has 0 bridgehead atoms. The number of hydrogen-bond acceptors (Lipinski definition) is 2. The Labute approximate surface area is 55.9 Å². The van der Waals surface area contributed by atoms with Crippen LogP contribution < -0.4 is 0 Å². The zero-order valence-corrected chi connectivity index (χ0v) is 5.09. The molecule has 52 valence electrons. The Morgan fingerprint density at radius 1 is 1.56 bits per heavy atom. The van der Waals surface area contributed by atoms with Gasteiger partial charge in [-0.1, -0.05) is 21.3 Å². The number of nitrogens with zero attached hydrogens (tertiary/aromatic N) is 1. The van der Waals surface area contributed by atoms with Gasteiger partial charge in [0.25, 0.3) is 0 Å². The Balaban J connectivity index is 0.000000640. The summed E-state index contributed by atoms with van der Waals surface area (Å²) in [5.41, 5.74) is 0. The van der Waals surface area contributed by atoms with Crippen molar-refractivity contribution in [1.82, 2.24) is 4.98 Å². The minimum atomic E-state index is 0. The third kappa shape index (κ3) is 1.88. The van der Waals surface area contributed by atoms with E-state index in [0.29, 0.717) is 5.92 Å². The van der Waals surface area contributed by atoms with Crippen molar-refractivity contribution in [3.63, 3.8) is 0 Å². The van der Waals surface area contributed by atoms with Crippen molar-refractivity contribution in [2.24, 2.45) is 0 Å². The molecule has 0 atom stereocenters. The Kier molecular flexibility index (Phi) is 2.99. The fourth-order valence-electron chi connectivity index (χ4n) is 0.511. The normalized spacial score (nSPS) is 9.22. The molecule has 0 aliphatic rings. The van der Waals surface area contributed by atoms with Crippen molar-refractivity contribution in [3.8, 4) is 0 Å². The van der Waals surface area contributed by atoms with Gasteiger partial charge in [0.2, 0.25) is 0 Å². The van der Waals surface area contributed by atoms with Crippen molar-refractivity contribution < 1.29 is 4.42 Å². The van der Waals surface area contributed by atoms with E-state index in [0.717, 1.165) is 5.76 Å². The largest absolute Gasteiger partial charge is 0.448 e. The summed E-state index contributed by atoms with van der Waals surface area (Å²) in [5, 5.41) is 0. The van der Waals surface area contributed by atoms with Crippen molar-refractivity contribution in [3.05, 3.63) is 18.4 Å². The molecule has 0 aliphatic heterocycles. The van der Waals surface area contributed by atoms with Crippen LogP contribution in [0.2, 0.25) is 0 Å². The molecule has 0 unspecified atom stereocenters. The molecule has 0 spiro atoms. The van der Waals surface area contributed by atoms with E-state index in [1.165, 1.54) is 6.39 Å². The SMILES string of the molecule is C.CC(C)c1cnco1. The van der Waals surface area contributed by atoms with Crippen LogP contribution in [0.1, 0.15) is 33.0 Å². The number of aromatic nitrogens is 1. The van der Waals surface area contributed by atoms with Crippen molar-refractivity contribution in [2.75, 3.05) is 0 Å². The summed E-state index contributed by atoms with van der Waals surface area (Å²) >= 11 is 0. The first-order chi connectivity index (χ1) is 3.80. The number of oxazole rings is 1. The summed E-state index contributed by atoms with van der Waals surface area (Å²) in [6.45, 7) is 4.14. The van der Waals surface area contributed by atoms with Gasteiger partial charge in [0, 0.05) is 5.92 Å². The van der Waals surface area contributed by atoms with Gasteiger partial charge in [-0.2, -0.15) is 0 Å². The molecule has 1 rings (SSSR count). The molecule has 0 saturated carbocycles. The van der Waals surface area contributed by atoms with Crippen molar-refractivity contribution in [2.45, 2.75) is 27.2 Å². The monoisotopic (exact) mass is 127 g/mol. The maximum absolute atomic E-state index is 4.98. The lowest BCUT2D eigenvalue weighted by Crippen LogP contribution is -1.79. The first-order valence-electron chi connectivity index (χ1n) is 2.69. The standard InChI is InChI=1S/C6H9NO.CH4/c1-5(2)6-3-7-4-8-6;/h3-5H,1-2H3;1H4. The molecule has 1 aromatic rings. The molecule has 2 heteroatoms. The fourth-order valence-corrected chi connectivity index (χ4v) is 0.511. The Bertz CT molecular complexity index is 144. The van der Waals surface area contributed by atoms with E-state index in [9.17, 15) is 0 Å². The zero-order chi connectivity index (χ0) is 5.98. The summed E-state index contributed by atoms with van der Waals surface area (Å²) < 4.78 is 4.98. The molecule has 0 radical (unpaired) electrons. The second kappa shape index (κ2) is 3.28. The smallest absolute Gasteiger partial charge is 0.180 e.